The molecular formula is C15H14N4. The highest BCUT2D eigenvalue weighted by Gasteiger charge is 2.01. The number of nitrogens with zero attached hydrogens (tertiary/aromatic N) is 3. The van der Waals surface area contributed by atoms with Crippen molar-refractivity contribution in [3.8, 4) is 0 Å². The van der Waals surface area contributed by atoms with Gasteiger partial charge in [-0.15, -0.1) is 0 Å². The number of para-hydroxylation sites is 1. The molecule has 0 unspecified atom stereocenters. The van der Waals surface area contributed by atoms with Crippen LogP contribution in [0.2, 0.25) is 0 Å². The van der Waals surface area contributed by atoms with E-state index in [4.69, 9.17) is 0 Å². The lowest BCUT2D eigenvalue weighted by molar-refractivity contribution is 0.691. The van der Waals surface area contributed by atoms with Gasteiger partial charge < -0.3 is 5.32 Å². The SMILES string of the molecule is c1cnc2c(CNCc3cncnc3)cccc2c1. The van der Waals surface area contributed by atoms with Crippen molar-refractivity contribution in [3.63, 3.8) is 0 Å². The smallest absolute Gasteiger partial charge is 0.115 e. The number of hydrogen-bond acceptors (Lipinski definition) is 4. The zero-order valence-electron chi connectivity index (χ0n) is 10.5. The predicted molar refractivity (Wildman–Crippen MR) is 74.3 cm³/mol. The molecule has 0 aliphatic heterocycles. The Hall–Kier alpha value is -2.33. The Labute approximate surface area is 111 Å². The van der Waals surface area contributed by atoms with Gasteiger partial charge in [-0.1, -0.05) is 24.3 Å². The van der Waals surface area contributed by atoms with E-state index in [0.29, 0.717) is 0 Å². The molecule has 0 bridgehead atoms. The summed E-state index contributed by atoms with van der Waals surface area (Å²) in [6.45, 7) is 1.54. The van der Waals surface area contributed by atoms with E-state index in [1.807, 2.05) is 24.7 Å². The maximum absolute atomic E-state index is 4.44. The van der Waals surface area contributed by atoms with Crippen molar-refractivity contribution in [2.75, 3.05) is 0 Å². The van der Waals surface area contributed by atoms with Crippen LogP contribution in [0, 0.1) is 0 Å². The molecule has 19 heavy (non-hydrogen) atoms. The van der Waals surface area contributed by atoms with Gasteiger partial charge in [0.1, 0.15) is 6.33 Å². The van der Waals surface area contributed by atoms with Gasteiger partial charge in [0.25, 0.3) is 0 Å². The molecule has 3 rings (SSSR count). The Balaban J connectivity index is 1.72. The van der Waals surface area contributed by atoms with Crippen LogP contribution >= 0.6 is 0 Å². The Kier molecular flexibility index (Phi) is 3.42. The molecule has 0 radical (unpaired) electrons. The largest absolute Gasteiger partial charge is 0.308 e. The number of benzene rings is 1. The van der Waals surface area contributed by atoms with Gasteiger partial charge in [0.2, 0.25) is 0 Å². The van der Waals surface area contributed by atoms with E-state index in [9.17, 15) is 0 Å². The standard InChI is InChI=1S/C15H14N4/c1-3-13-5-2-6-19-15(13)14(4-1)10-16-7-12-8-17-11-18-9-12/h1-6,8-9,11,16H,7,10H2. The lowest BCUT2D eigenvalue weighted by Gasteiger charge is -2.07. The number of rotatable bonds is 4. The van der Waals surface area contributed by atoms with E-state index in [2.05, 4.69) is 44.5 Å². The Bertz CT molecular complexity index is 662. The number of hydrogen-bond donors (Lipinski definition) is 1. The first kappa shape index (κ1) is 11.7. The molecule has 0 saturated carbocycles. The van der Waals surface area contributed by atoms with Gasteiger partial charge in [0, 0.05) is 42.6 Å². The van der Waals surface area contributed by atoms with Crippen molar-refractivity contribution in [1.82, 2.24) is 20.3 Å². The number of nitrogens with one attached hydrogen (secondary N) is 1. The fraction of sp³-hybridized carbons (Fsp3) is 0.133. The maximum Gasteiger partial charge on any atom is 0.115 e. The molecule has 0 amide bonds. The lowest BCUT2D eigenvalue weighted by atomic mass is 10.1. The number of aromatic nitrogens is 3. The first-order chi connectivity index (χ1) is 9.43. The van der Waals surface area contributed by atoms with Crippen molar-refractivity contribution in [1.29, 1.82) is 0 Å². The van der Waals surface area contributed by atoms with E-state index < -0.39 is 0 Å². The van der Waals surface area contributed by atoms with Gasteiger partial charge in [-0.3, -0.25) is 4.98 Å². The molecule has 0 aliphatic rings. The van der Waals surface area contributed by atoms with Crippen molar-refractivity contribution in [2.24, 2.45) is 0 Å². The van der Waals surface area contributed by atoms with E-state index in [0.717, 1.165) is 24.2 Å². The van der Waals surface area contributed by atoms with Crippen molar-refractivity contribution in [3.05, 3.63) is 66.4 Å². The third-order valence-electron chi connectivity index (χ3n) is 2.97. The molecule has 3 aromatic rings. The molecule has 0 saturated heterocycles. The van der Waals surface area contributed by atoms with Crippen LogP contribution in [-0.2, 0) is 13.1 Å². The summed E-state index contributed by atoms with van der Waals surface area (Å²) >= 11 is 0. The van der Waals surface area contributed by atoms with E-state index >= 15 is 0 Å². The highest BCUT2D eigenvalue weighted by Crippen LogP contribution is 2.15. The fourth-order valence-electron chi connectivity index (χ4n) is 2.07. The van der Waals surface area contributed by atoms with Crippen LogP contribution < -0.4 is 5.32 Å². The summed E-state index contributed by atoms with van der Waals surface area (Å²) in [6, 6.07) is 10.3. The zero-order chi connectivity index (χ0) is 12.9. The average Bonchev–Trinajstić information content (AvgIpc) is 2.49. The first-order valence-corrected chi connectivity index (χ1v) is 6.21. The molecule has 2 aromatic heterocycles. The van der Waals surface area contributed by atoms with Gasteiger partial charge in [-0.2, -0.15) is 0 Å². The molecular weight excluding hydrogens is 236 g/mol. The predicted octanol–water partition coefficient (Wildman–Crippen LogP) is 2.31. The lowest BCUT2D eigenvalue weighted by Crippen LogP contribution is -2.13. The van der Waals surface area contributed by atoms with Crippen LogP contribution in [0.15, 0.2) is 55.2 Å². The molecule has 4 heteroatoms. The molecule has 0 spiro atoms. The molecule has 2 heterocycles. The first-order valence-electron chi connectivity index (χ1n) is 6.21. The molecule has 0 aliphatic carbocycles. The quantitative estimate of drug-likeness (QED) is 0.772. The summed E-state index contributed by atoms with van der Waals surface area (Å²) in [6.07, 6.45) is 7.01. The summed E-state index contributed by atoms with van der Waals surface area (Å²) in [5.74, 6) is 0. The average molecular weight is 250 g/mol. The third-order valence-corrected chi connectivity index (χ3v) is 2.97. The summed E-state index contributed by atoms with van der Waals surface area (Å²) < 4.78 is 0. The van der Waals surface area contributed by atoms with Crippen LogP contribution in [0.1, 0.15) is 11.1 Å². The molecule has 1 aromatic carbocycles. The monoisotopic (exact) mass is 250 g/mol. The second kappa shape index (κ2) is 5.54. The summed E-state index contributed by atoms with van der Waals surface area (Å²) in [5, 5.41) is 4.56. The second-order valence-electron chi connectivity index (χ2n) is 4.34. The molecule has 1 N–H and O–H groups in total. The van der Waals surface area contributed by atoms with Crippen LogP contribution in [-0.4, -0.2) is 15.0 Å². The van der Waals surface area contributed by atoms with Crippen LogP contribution in [0.5, 0.6) is 0 Å². The third kappa shape index (κ3) is 2.74. The summed E-state index contributed by atoms with van der Waals surface area (Å²) in [7, 11) is 0. The van der Waals surface area contributed by atoms with Crippen LogP contribution in [0.3, 0.4) is 0 Å². The molecule has 0 fully saturated rings. The highest BCUT2D eigenvalue weighted by atomic mass is 14.9. The molecule has 94 valence electrons. The minimum absolute atomic E-state index is 0.754. The summed E-state index contributed by atoms with van der Waals surface area (Å²) in [5.41, 5.74) is 3.34. The minimum Gasteiger partial charge on any atom is -0.308 e. The number of fused-ring (bicyclic) bond motifs is 1. The van der Waals surface area contributed by atoms with Gasteiger partial charge in [0.15, 0.2) is 0 Å². The number of pyridine rings is 1. The maximum atomic E-state index is 4.44. The van der Waals surface area contributed by atoms with Gasteiger partial charge >= 0.3 is 0 Å². The van der Waals surface area contributed by atoms with E-state index in [1.54, 1.807) is 0 Å². The van der Waals surface area contributed by atoms with Crippen molar-refractivity contribution >= 4 is 10.9 Å². The Morgan fingerprint density at radius 3 is 2.68 bits per heavy atom. The van der Waals surface area contributed by atoms with Crippen LogP contribution in [0.4, 0.5) is 0 Å². The van der Waals surface area contributed by atoms with Gasteiger partial charge in [-0.05, 0) is 11.6 Å². The normalized spacial score (nSPS) is 10.7. The minimum atomic E-state index is 0.754. The van der Waals surface area contributed by atoms with E-state index in [-0.39, 0.29) is 0 Å². The topological polar surface area (TPSA) is 50.7 Å². The van der Waals surface area contributed by atoms with Gasteiger partial charge in [-0.25, -0.2) is 9.97 Å². The van der Waals surface area contributed by atoms with Crippen molar-refractivity contribution < 1.29 is 0 Å². The van der Waals surface area contributed by atoms with Crippen LogP contribution in [0.25, 0.3) is 10.9 Å². The summed E-state index contributed by atoms with van der Waals surface area (Å²) in [4.78, 5) is 12.4. The second-order valence-corrected chi connectivity index (χ2v) is 4.34. The fourth-order valence-corrected chi connectivity index (χ4v) is 2.07. The Morgan fingerprint density at radius 1 is 0.947 bits per heavy atom. The highest BCUT2D eigenvalue weighted by molar-refractivity contribution is 5.81. The van der Waals surface area contributed by atoms with Crippen molar-refractivity contribution in [2.45, 2.75) is 13.1 Å². The van der Waals surface area contributed by atoms with E-state index in [1.165, 1.54) is 17.3 Å². The molecule has 4 nitrogen and oxygen atoms in total. The Morgan fingerprint density at radius 2 is 1.79 bits per heavy atom. The molecule has 0 atom stereocenters. The zero-order valence-corrected chi connectivity index (χ0v) is 10.5. The van der Waals surface area contributed by atoms with Gasteiger partial charge in [0.05, 0.1) is 5.52 Å².